The maximum Gasteiger partial charge on any atom is 0.341 e. The number of ether oxygens (including phenoxy) is 1. The third-order valence-corrected chi connectivity index (χ3v) is 6.30. The van der Waals surface area contributed by atoms with Crippen molar-refractivity contribution in [3.05, 3.63) is 53.1 Å². The summed E-state index contributed by atoms with van der Waals surface area (Å²) in [7, 11) is -3.87. The number of hydrogen-bond donors (Lipinski definition) is 2. The summed E-state index contributed by atoms with van der Waals surface area (Å²) in [4.78, 5) is 21.9. The summed E-state index contributed by atoms with van der Waals surface area (Å²) in [6, 6.07) is 8.67. The Hall–Kier alpha value is -3.07. The average molecular weight is 405 g/mol. The van der Waals surface area contributed by atoms with Gasteiger partial charge in [0.25, 0.3) is 10.0 Å². The minimum atomic E-state index is -3.87. The van der Waals surface area contributed by atoms with Crippen LogP contribution in [0, 0.1) is 6.92 Å². The molecule has 0 aliphatic carbocycles. The largest absolute Gasteiger partial charge is 0.482 e. The van der Waals surface area contributed by atoms with Crippen molar-refractivity contribution in [3.8, 4) is 5.75 Å². The van der Waals surface area contributed by atoms with E-state index in [0.717, 1.165) is 0 Å². The Labute approximate surface area is 162 Å². The number of carboxylic acids is 2. The Morgan fingerprint density at radius 2 is 1.89 bits per heavy atom. The Bertz CT molecular complexity index is 1050. The average Bonchev–Trinajstić information content (AvgIpc) is 2.65. The molecule has 0 radical (unpaired) electrons. The number of hydrogen-bond acceptors (Lipinski definition) is 5. The molecule has 1 aliphatic heterocycles. The van der Waals surface area contributed by atoms with Crippen LogP contribution in [-0.2, 0) is 21.2 Å². The standard InChI is InChI=1S/C19H19NO7S/c1-12-9-15(5-7-17(12)27-11-18(21)22)28(25,26)20-8-2-3-13-10-14(19(23)24)4-6-16(13)20/h4-7,9-10H,2-3,8,11H2,1H3,(H,21,22)(H,23,24). The fourth-order valence-electron chi connectivity index (χ4n) is 3.16. The number of benzene rings is 2. The number of carbonyl (C=O) groups is 2. The first-order valence-corrected chi connectivity index (χ1v) is 9.98. The molecule has 0 atom stereocenters. The molecule has 0 saturated carbocycles. The zero-order valence-corrected chi connectivity index (χ0v) is 15.9. The van der Waals surface area contributed by atoms with Gasteiger partial charge in [0.05, 0.1) is 16.1 Å². The van der Waals surface area contributed by atoms with Crippen molar-refractivity contribution in [2.45, 2.75) is 24.7 Å². The van der Waals surface area contributed by atoms with E-state index in [1.54, 1.807) is 6.92 Å². The van der Waals surface area contributed by atoms with Crippen molar-refractivity contribution in [1.82, 2.24) is 0 Å². The smallest absolute Gasteiger partial charge is 0.341 e. The van der Waals surface area contributed by atoms with E-state index in [9.17, 15) is 18.0 Å². The van der Waals surface area contributed by atoms with Gasteiger partial charge in [-0.2, -0.15) is 0 Å². The van der Waals surface area contributed by atoms with Crippen LogP contribution in [0.5, 0.6) is 5.75 Å². The van der Waals surface area contributed by atoms with E-state index in [1.165, 1.54) is 40.7 Å². The molecular formula is C19H19NO7S. The van der Waals surface area contributed by atoms with Crippen LogP contribution in [0.1, 0.15) is 27.9 Å². The molecule has 0 amide bonds. The third-order valence-electron chi connectivity index (χ3n) is 4.49. The highest BCUT2D eigenvalue weighted by Crippen LogP contribution is 2.33. The van der Waals surface area contributed by atoms with Crippen molar-refractivity contribution in [1.29, 1.82) is 0 Å². The summed E-state index contributed by atoms with van der Waals surface area (Å²) in [5.74, 6) is -1.89. The summed E-state index contributed by atoms with van der Waals surface area (Å²) in [5, 5.41) is 17.8. The van der Waals surface area contributed by atoms with Gasteiger partial charge in [-0.25, -0.2) is 18.0 Å². The molecule has 9 heteroatoms. The zero-order chi connectivity index (χ0) is 20.5. The van der Waals surface area contributed by atoms with E-state index in [0.29, 0.717) is 35.4 Å². The van der Waals surface area contributed by atoms with Crippen LogP contribution in [0.2, 0.25) is 0 Å². The lowest BCUT2D eigenvalue weighted by Crippen LogP contribution is -2.35. The van der Waals surface area contributed by atoms with Crippen LogP contribution < -0.4 is 9.04 Å². The number of carboxylic acid groups (broad SMARTS) is 2. The Morgan fingerprint density at radius 1 is 1.14 bits per heavy atom. The van der Waals surface area contributed by atoms with Crippen LogP contribution >= 0.6 is 0 Å². The minimum Gasteiger partial charge on any atom is -0.482 e. The van der Waals surface area contributed by atoms with Crippen LogP contribution in [-0.4, -0.2) is 43.7 Å². The monoisotopic (exact) mass is 405 g/mol. The lowest BCUT2D eigenvalue weighted by molar-refractivity contribution is -0.139. The Kier molecular flexibility index (Phi) is 5.28. The second-order valence-corrected chi connectivity index (χ2v) is 8.30. The molecule has 2 aromatic rings. The number of fused-ring (bicyclic) bond motifs is 1. The molecule has 0 bridgehead atoms. The molecule has 148 valence electrons. The SMILES string of the molecule is Cc1cc(S(=O)(=O)N2CCCc3cc(C(=O)O)ccc32)ccc1OCC(=O)O. The predicted molar refractivity (Wildman–Crippen MR) is 101 cm³/mol. The van der Waals surface area contributed by atoms with E-state index in [1.807, 2.05) is 0 Å². The van der Waals surface area contributed by atoms with E-state index < -0.39 is 28.6 Å². The molecule has 2 aromatic carbocycles. The summed E-state index contributed by atoms with van der Waals surface area (Å²) in [6.07, 6.45) is 1.18. The lowest BCUT2D eigenvalue weighted by Gasteiger charge is -2.30. The molecule has 1 aliphatic rings. The van der Waals surface area contributed by atoms with Gasteiger partial charge in [0.15, 0.2) is 6.61 Å². The van der Waals surface area contributed by atoms with Gasteiger partial charge < -0.3 is 14.9 Å². The Morgan fingerprint density at radius 3 is 2.54 bits per heavy atom. The van der Waals surface area contributed by atoms with Gasteiger partial charge in [-0.15, -0.1) is 0 Å². The number of nitrogens with zero attached hydrogens (tertiary/aromatic N) is 1. The van der Waals surface area contributed by atoms with Gasteiger partial charge >= 0.3 is 11.9 Å². The van der Waals surface area contributed by atoms with Gasteiger partial charge in [0, 0.05) is 6.54 Å². The van der Waals surface area contributed by atoms with Crippen molar-refractivity contribution in [2.75, 3.05) is 17.5 Å². The zero-order valence-electron chi connectivity index (χ0n) is 15.1. The van der Waals surface area contributed by atoms with Gasteiger partial charge in [0.1, 0.15) is 5.75 Å². The lowest BCUT2D eigenvalue weighted by atomic mass is 10.0. The molecule has 0 fully saturated rings. The molecule has 0 aromatic heterocycles. The van der Waals surface area contributed by atoms with Crippen molar-refractivity contribution in [2.24, 2.45) is 0 Å². The topological polar surface area (TPSA) is 121 Å². The van der Waals surface area contributed by atoms with Gasteiger partial charge in [0.2, 0.25) is 0 Å². The second-order valence-electron chi connectivity index (χ2n) is 6.44. The number of aryl methyl sites for hydroxylation is 2. The van der Waals surface area contributed by atoms with E-state index in [4.69, 9.17) is 14.9 Å². The first-order chi connectivity index (χ1) is 13.2. The van der Waals surface area contributed by atoms with Crippen LogP contribution in [0.4, 0.5) is 5.69 Å². The molecule has 0 spiro atoms. The molecule has 8 nitrogen and oxygen atoms in total. The fourth-order valence-corrected chi connectivity index (χ4v) is 4.78. The fraction of sp³-hybridized carbons (Fsp3) is 0.263. The van der Waals surface area contributed by atoms with E-state index >= 15 is 0 Å². The number of rotatable bonds is 6. The third kappa shape index (κ3) is 3.79. The van der Waals surface area contributed by atoms with Crippen molar-refractivity contribution >= 4 is 27.6 Å². The normalized spacial score (nSPS) is 13.7. The van der Waals surface area contributed by atoms with Crippen molar-refractivity contribution < 1.29 is 33.0 Å². The first-order valence-electron chi connectivity index (χ1n) is 8.54. The molecule has 0 unspecified atom stereocenters. The van der Waals surface area contributed by atoms with Crippen LogP contribution in [0.15, 0.2) is 41.3 Å². The molecule has 1 heterocycles. The number of aliphatic carboxylic acids is 1. The summed E-state index contributed by atoms with van der Waals surface area (Å²) in [5.41, 5.74) is 1.77. The van der Waals surface area contributed by atoms with Gasteiger partial charge in [-0.3, -0.25) is 4.31 Å². The Balaban J connectivity index is 1.95. The maximum atomic E-state index is 13.2. The highest BCUT2D eigenvalue weighted by molar-refractivity contribution is 7.92. The minimum absolute atomic E-state index is 0.0582. The van der Waals surface area contributed by atoms with E-state index in [2.05, 4.69) is 0 Å². The molecular weight excluding hydrogens is 386 g/mol. The molecule has 3 rings (SSSR count). The van der Waals surface area contributed by atoms with Crippen LogP contribution in [0.3, 0.4) is 0 Å². The highest BCUT2D eigenvalue weighted by atomic mass is 32.2. The number of anilines is 1. The summed E-state index contributed by atoms with van der Waals surface area (Å²) < 4.78 is 32.8. The first kappa shape index (κ1) is 19.7. The summed E-state index contributed by atoms with van der Waals surface area (Å²) >= 11 is 0. The van der Waals surface area contributed by atoms with Crippen LogP contribution in [0.25, 0.3) is 0 Å². The summed E-state index contributed by atoms with van der Waals surface area (Å²) in [6.45, 7) is 1.41. The maximum absolute atomic E-state index is 13.2. The van der Waals surface area contributed by atoms with E-state index in [-0.39, 0.29) is 17.0 Å². The number of aromatic carboxylic acids is 1. The molecule has 28 heavy (non-hydrogen) atoms. The van der Waals surface area contributed by atoms with Crippen molar-refractivity contribution in [3.63, 3.8) is 0 Å². The number of sulfonamides is 1. The van der Waals surface area contributed by atoms with Gasteiger partial charge in [-0.1, -0.05) is 0 Å². The molecule has 0 saturated heterocycles. The second kappa shape index (κ2) is 7.51. The predicted octanol–water partition coefficient (Wildman–Crippen LogP) is 2.30. The quantitative estimate of drug-likeness (QED) is 0.756. The highest BCUT2D eigenvalue weighted by Gasteiger charge is 2.30. The molecule has 2 N–H and O–H groups in total. The van der Waals surface area contributed by atoms with Gasteiger partial charge in [-0.05, 0) is 67.3 Å².